The van der Waals surface area contributed by atoms with Crippen molar-refractivity contribution in [3.8, 4) is 0 Å². The second-order valence-electron chi connectivity index (χ2n) is 8.35. The molecule has 0 radical (unpaired) electrons. The number of nitrogens with two attached hydrogens (primary N) is 1. The van der Waals surface area contributed by atoms with Gasteiger partial charge in [-0.15, -0.1) is 6.58 Å². The molecule has 6 nitrogen and oxygen atoms in total. The van der Waals surface area contributed by atoms with E-state index in [9.17, 15) is 0 Å². The highest BCUT2D eigenvalue weighted by atomic mass is 16.5. The van der Waals surface area contributed by atoms with Crippen LogP contribution in [0.4, 0.5) is 5.82 Å². The number of imidazole rings is 1. The van der Waals surface area contributed by atoms with E-state index in [2.05, 4.69) is 57.9 Å². The molecule has 2 heterocycles. The number of aromatic nitrogens is 4. The van der Waals surface area contributed by atoms with Crippen LogP contribution in [0.5, 0.6) is 0 Å². The molecule has 174 valence electrons. The van der Waals surface area contributed by atoms with Gasteiger partial charge in [0.15, 0.2) is 11.5 Å². The molecule has 3 aromatic carbocycles. The summed E-state index contributed by atoms with van der Waals surface area (Å²) >= 11 is 0. The Kier molecular flexibility index (Phi) is 6.37. The normalized spacial score (nSPS) is 12.5. The molecule has 0 fully saturated rings. The van der Waals surface area contributed by atoms with Crippen molar-refractivity contribution in [1.29, 1.82) is 0 Å². The van der Waals surface area contributed by atoms with E-state index in [1.165, 1.54) is 6.33 Å². The van der Waals surface area contributed by atoms with E-state index >= 15 is 0 Å². The van der Waals surface area contributed by atoms with E-state index in [1.54, 1.807) is 6.33 Å². The van der Waals surface area contributed by atoms with Gasteiger partial charge in [0, 0.05) is 0 Å². The smallest absolute Gasteiger partial charge is 0.182 e. The van der Waals surface area contributed by atoms with Crippen LogP contribution in [0.3, 0.4) is 0 Å². The minimum absolute atomic E-state index is 0.110. The van der Waals surface area contributed by atoms with E-state index in [-0.39, 0.29) is 6.04 Å². The monoisotopic (exact) mass is 461 g/mol. The lowest BCUT2D eigenvalue weighted by molar-refractivity contribution is -0.00470. The Morgan fingerprint density at radius 3 is 1.89 bits per heavy atom. The molecule has 0 aliphatic heterocycles. The van der Waals surface area contributed by atoms with Crippen LogP contribution in [0, 0.1) is 0 Å². The van der Waals surface area contributed by atoms with Crippen LogP contribution in [-0.4, -0.2) is 26.1 Å². The molecule has 5 aromatic rings. The highest BCUT2D eigenvalue weighted by Crippen LogP contribution is 2.41. The summed E-state index contributed by atoms with van der Waals surface area (Å²) in [6, 6.07) is 30.9. The molecule has 0 bridgehead atoms. The topological polar surface area (TPSA) is 78.8 Å². The predicted molar refractivity (Wildman–Crippen MR) is 139 cm³/mol. The van der Waals surface area contributed by atoms with Crippen molar-refractivity contribution in [2.75, 3.05) is 12.3 Å². The molecule has 1 unspecified atom stereocenters. The number of ether oxygens (including phenoxy) is 1. The lowest BCUT2D eigenvalue weighted by atomic mass is 9.80. The maximum atomic E-state index is 7.04. The predicted octanol–water partition coefficient (Wildman–Crippen LogP) is 5.53. The van der Waals surface area contributed by atoms with Gasteiger partial charge < -0.3 is 15.0 Å². The Balaban J connectivity index is 1.64. The molecule has 2 aromatic heterocycles. The third kappa shape index (κ3) is 4.20. The molecular weight excluding hydrogens is 434 g/mol. The summed E-state index contributed by atoms with van der Waals surface area (Å²) in [7, 11) is 0. The van der Waals surface area contributed by atoms with Crippen LogP contribution < -0.4 is 5.73 Å². The van der Waals surface area contributed by atoms with E-state index in [1.807, 2.05) is 65.2 Å². The van der Waals surface area contributed by atoms with Crippen molar-refractivity contribution in [2.24, 2.45) is 0 Å². The molecule has 0 saturated heterocycles. The van der Waals surface area contributed by atoms with Gasteiger partial charge in [-0.3, -0.25) is 0 Å². The number of rotatable bonds is 9. The molecule has 0 saturated carbocycles. The summed E-state index contributed by atoms with van der Waals surface area (Å²) in [4.78, 5) is 12.9. The zero-order valence-electron chi connectivity index (χ0n) is 19.4. The van der Waals surface area contributed by atoms with Gasteiger partial charge in [0.2, 0.25) is 0 Å². The molecular formula is C29H27N5O. The number of fused-ring (bicyclic) bond motifs is 1. The molecule has 5 rings (SSSR count). The first-order valence-electron chi connectivity index (χ1n) is 11.6. The summed E-state index contributed by atoms with van der Waals surface area (Å²) < 4.78 is 9.04. The average molecular weight is 462 g/mol. The number of benzene rings is 3. The standard InChI is InChI=1S/C29H27N5O/c1-2-12-25(34-21-33-28-26(34)27(30)31-20-32-28)19-35-29(22-13-6-3-7-14-22,23-15-8-4-9-16-23)24-17-10-5-11-18-24/h2-11,13-18,20-21,25H,1,12,19H2,(H2,30,31,32). The molecule has 0 aliphatic carbocycles. The largest absolute Gasteiger partial charge is 0.382 e. The highest BCUT2D eigenvalue weighted by molar-refractivity contribution is 5.81. The summed E-state index contributed by atoms with van der Waals surface area (Å²) in [6.07, 6.45) is 5.73. The molecule has 1 atom stereocenters. The number of hydrogen-bond acceptors (Lipinski definition) is 5. The SMILES string of the molecule is C=CCC(COC(c1ccccc1)(c1ccccc1)c1ccccc1)n1cnc2ncnc(N)c21. The van der Waals surface area contributed by atoms with Gasteiger partial charge in [0.05, 0.1) is 19.0 Å². The fraction of sp³-hybridized carbons (Fsp3) is 0.138. The van der Waals surface area contributed by atoms with Crippen molar-refractivity contribution in [3.05, 3.63) is 133 Å². The van der Waals surface area contributed by atoms with Crippen LogP contribution >= 0.6 is 0 Å². The minimum Gasteiger partial charge on any atom is -0.382 e. The van der Waals surface area contributed by atoms with Gasteiger partial charge in [0.25, 0.3) is 0 Å². The first kappa shape index (κ1) is 22.5. The highest BCUT2D eigenvalue weighted by Gasteiger charge is 2.38. The van der Waals surface area contributed by atoms with Gasteiger partial charge in [-0.1, -0.05) is 97.1 Å². The van der Waals surface area contributed by atoms with Crippen LogP contribution in [-0.2, 0) is 10.3 Å². The van der Waals surface area contributed by atoms with Crippen LogP contribution in [0.15, 0.2) is 116 Å². The Hall–Kier alpha value is -4.29. The summed E-state index contributed by atoms with van der Waals surface area (Å²) in [6.45, 7) is 4.36. The Labute approximate surface area is 204 Å². The minimum atomic E-state index is -0.818. The molecule has 0 amide bonds. The number of nitrogen functional groups attached to an aromatic ring is 1. The van der Waals surface area contributed by atoms with Gasteiger partial charge in [0.1, 0.15) is 17.4 Å². The summed E-state index contributed by atoms with van der Waals surface area (Å²) in [5, 5.41) is 0. The molecule has 2 N–H and O–H groups in total. The van der Waals surface area contributed by atoms with Crippen molar-refractivity contribution in [1.82, 2.24) is 19.5 Å². The van der Waals surface area contributed by atoms with E-state index in [0.29, 0.717) is 30.0 Å². The quantitative estimate of drug-likeness (QED) is 0.230. The summed E-state index contributed by atoms with van der Waals surface area (Å²) in [5.41, 5.74) is 9.81. The van der Waals surface area contributed by atoms with Gasteiger partial charge in [-0.25, -0.2) is 15.0 Å². The van der Waals surface area contributed by atoms with E-state index in [0.717, 1.165) is 16.7 Å². The number of anilines is 1. The first-order chi connectivity index (χ1) is 17.2. The molecule has 35 heavy (non-hydrogen) atoms. The number of hydrogen-bond donors (Lipinski definition) is 1. The third-order valence-electron chi connectivity index (χ3n) is 6.26. The van der Waals surface area contributed by atoms with Gasteiger partial charge in [-0.2, -0.15) is 0 Å². The summed E-state index contributed by atoms with van der Waals surface area (Å²) in [5.74, 6) is 0.391. The fourth-order valence-electron chi connectivity index (χ4n) is 4.62. The van der Waals surface area contributed by atoms with Crippen LogP contribution in [0.2, 0.25) is 0 Å². The molecule has 0 aliphatic rings. The van der Waals surface area contributed by atoms with Crippen LogP contribution in [0.25, 0.3) is 11.2 Å². The van der Waals surface area contributed by atoms with Crippen molar-refractivity contribution < 1.29 is 4.74 Å². The number of nitrogens with zero attached hydrogens (tertiary/aromatic N) is 4. The van der Waals surface area contributed by atoms with E-state index < -0.39 is 5.60 Å². The maximum absolute atomic E-state index is 7.04. The fourth-order valence-corrected chi connectivity index (χ4v) is 4.62. The number of allylic oxidation sites excluding steroid dienone is 1. The first-order valence-corrected chi connectivity index (χ1v) is 11.6. The molecule has 0 spiro atoms. The Bertz CT molecular complexity index is 1300. The van der Waals surface area contributed by atoms with E-state index in [4.69, 9.17) is 10.5 Å². The zero-order chi connectivity index (χ0) is 24.1. The average Bonchev–Trinajstić information content (AvgIpc) is 3.36. The van der Waals surface area contributed by atoms with Crippen LogP contribution in [0.1, 0.15) is 29.2 Å². The lowest BCUT2D eigenvalue weighted by Crippen LogP contribution is -2.35. The van der Waals surface area contributed by atoms with Crippen molar-refractivity contribution >= 4 is 17.0 Å². The van der Waals surface area contributed by atoms with Crippen molar-refractivity contribution in [2.45, 2.75) is 18.1 Å². The zero-order valence-corrected chi connectivity index (χ0v) is 19.4. The molecule has 6 heteroatoms. The Morgan fingerprint density at radius 1 is 0.829 bits per heavy atom. The van der Waals surface area contributed by atoms with Gasteiger partial charge >= 0.3 is 0 Å². The maximum Gasteiger partial charge on any atom is 0.182 e. The lowest BCUT2D eigenvalue weighted by Gasteiger charge is -2.37. The second-order valence-corrected chi connectivity index (χ2v) is 8.35. The third-order valence-corrected chi connectivity index (χ3v) is 6.26. The van der Waals surface area contributed by atoms with Gasteiger partial charge in [-0.05, 0) is 23.1 Å². The Morgan fingerprint density at radius 2 is 1.37 bits per heavy atom. The second kappa shape index (κ2) is 9.91. The van der Waals surface area contributed by atoms with Crippen molar-refractivity contribution in [3.63, 3.8) is 0 Å².